The van der Waals surface area contributed by atoms with Crippen molar-refractivity contribution in [2.75, 3.05) is 42.7 Å². The maximum atomic E-state index is 15.3. The summed E-state index contributed by atoms with van der Waals surface area (Å²) in [6.45, 7) is 3.31. The molecule has 0 bridgehead atoms. The van der Waals surface area contributed by atoms with Crippen LogP contribution in [0.2, 0.25) is 20.1 Å². The van der Waals surface area contributed by atoms with Gasteiger partial charge in [0.15, 0.2) is 23.0 Å². The number of methoxy groups -OCH3 is 6. The maximum absolute atomic E-state index is 15.3. The Hall–Kier alpha value is -2.81. The molecule has 14 heteroatoms. The zero-order valence-corrected chi connectivity index (χ0v) is 27.8. The Kier molecular flexibility index (Phi) is 10.6. The topological polar surface area (TPSA) is 107 Å². The summed E-state index contributed by atoms with van der Waals surface area (Å²) in [6, 6.07) is 4.82. The number of benzene rings is 3. The third-order valence-corrected chi connectivity index (χ3v) is 10.6. The fourth-order valence-electron chi connectivity index (χ4n) is 4.41. The molecular weight excluding hydrogens is 653 g/mol. The molecule has 0 atom stereocenters. The number of hydrogen-bond acceptors (Lipinski definition) is 9. The summed E-state index contributed by atoms with van der Waals surface area (Å²) in [4.78, 5) is 29.2. The van der Waals surface area contributed by atoms with Gasteiger partial charge in [0.1, 0.15) is 0 Å². The van der Waals surface area contributed by atoms with Crippen LogP contribution in [-0.4, -0.2) is 53.7 Å². The molecule has 42 heavy (non-hydrogen) atoms. The van der Waals surface area contributed by atoms with Crippen molar-refractivity contribution in [2.45, 2.75) is 13.8 Å². The fourth-order valence-corrected chi connectivity index (χ4v) is 8.80. The predicted molar refractivity (Wildman–Crippen MR) is 164 cm³/mol. The molecule has 0 saturated heterocycles. The molecule has 3 rings (SSSR count). The van der Waals surface area contributed by atoms with Crippen LogP contribution in [0.15, 0.2) is 18.2 Å². The van der Waals surface area contributed by atoms with Crippen molar-refractivity contribution in [3.63, 3.8) is 0 Å². The molecule has 0 aliphatic heterocycles. The number of rotatable bonds is 11. The molecule has 0 amide bonds. The van der Waals surface area contributed by atoms with Crippen LogP contribution in [0.1, 0.15) is 31.8 Å². The van der Waals surface area contributed by atoms with Crippen molar-refractivity contribution in [1.82, 2.24) is 0 Å². The number of ether oxygens (including phenoxy) is 6. The van der Waals surface area contributed by atoms with Crippen molar-refractivity contribution >= 4 is 69.9 Å². The summed E-state index contributed by atoms with van der Waals surface area (Å²) in [6.07, 6.45) is 0. The highest BCUT2D eigenvalue weighted by atomic mass is 35.5. The van der Waals surface area contributed by atoms with Gasteiger partial charge in [-0.3, -0.25) is 9.59 Å². The van der Waals surface area contributed by atoms with E-state index in [0.717, 1.165) is 0 Å². The van der Waals surface area contributed by atoms with E-state index >= 15 is 4.57 Å². The van der Waals surface area contributed by atoms with Gasteiger partial charge in [-0.05, 0) is 25.5 Å². The Morgan fingerprint density at radius 3 is 1.17 bits per heavy atom. The lowest BCUT2D eigenvalue weighted by Crippen LogP contribution is -2.24. The number of halogens is 4. The van der Waals surface area contributed by atoms with Gasteiger partial charge in [0.2, 0.25) is 29.7 Å². The summed E-state index contributed by atoms with van der Waals surface area (Å²) < 4.78 is 47.5. The van der Waals surface area contributed by atoms with Crippen LogP contribution in [0, 0.1) is 13.8 Å². The number of carbonyl (C=O) groups excluding carboxylic acids is 2. The van der Waals surface area contributed by atoms with E-state index in [1.165, 1.54) is 48.7 Å². The second kappa shape index (κ2) is 13.2. The molecule has 9 nitrogen and oxygen atoms in total. The summed E-state index contributed by atoms with van der Waals surface area (Å²) >= 11 is 26.5. The summed E-state index contributed by atoms with van der Waals surface area (Å²) in [5, 5.41) is -1.51. The first-order valence-corrected chi connectivity index (χ1v) is 15.1. The lowest BCUT2D eigenvalue weighted by Gasteiger charge is -2.24. The van der Waals surface area contributed by atoms with E-state index in [-0.39, 0.29) is 59.9 Å². The average molecular weight is 680 g/mol. The molecule has 0 fully saturated rings. The Morgan fingerprint density at radius 2 is 0.881 bits per heavy atom. The van der Waals surface area contributed by atoms with Gasteiger partial charge in [-0.25, -0.2) is 0 Å². The second-order valence-electron chi connectivity index (χ2n) is 8.71. The molecular formula is C28H27Cl4O9P. The largest absolute Gasteiger partial charge is 0.491 e. The monoisotopic (exact) mass is 678 g/mol. The average Bonchev–Trinajstić information content (AvgIpc) is 2.97. The molecule has 0 spiro atoms. The minimum atomic E-state index is -4.96. The third kappa shape index (κ3) is 5.26. The van der Waals surface area contributed by atoms with Gasteiger partial charge in [0.05, 0.1) is 73.9 Å². The molecule has 226 valence electrons. The molecule has 0 aliphatic rings. The van der Waals surface area contributed by atoms with E-state index in [2.05, 4.69) is 0 Å². The first-order valence-electron chi connectivity index (χ1n) is 11.9. The minimum Gasteiger partial charge on any atom is -0.491 e. The van der Waals surface area contributed by atoms with Crippen molar-refractivity contribution in [3.05, 3.63) is 60.5 Å². The van der Waals surface area contributed by atoms with Crippen molar-refractivity contribution < 1.29 is 42.6 Å². The van der Waals surface area contributed by atoms with Crippen LogP contribution >= 0.6 is 53.5 Å². The number of aryl methyl sites for hydroxylation is 2. The quantitative estimate of drug-likeness (QED) is 0.189. The number of hydrogen-bond donors (Lipinski definition) is 0. The van der Waals surface area contributed by atoms with Gasteiger partial charge < -0.3 is 33.0 Å². The maximum Gasteiger partial charge on any atom is 0.249 e. The molecule has 3 aromatic carbocycles. The van der Waals surface area contributed by atoms with Crippen molar-refractivity contribution in [3.8, 4) is 34.5 Å². The molecule has 0 N–H and O–H groups in total. The molecule has 0 heterocycles. The Labute approximate surface area is 263 Å². The molecule has 0 radical (unpaired) electrons. The minimum absolute atomic E-state index is 0.0184. The third-order valence-electron chi connectivity index (χ3n) is 6.43. The van der Waals surface area contributed by atoms with Crippen LogP contribution < -0.4 is 33.7 Å². The molecule has 0 unspecified atom stereocenters. The predicted octanol–water partition coefficient (Wildman–Crippen LogP) is 7.64. The highest BCUT2D eigenvalue weighted by molar-refractivity contribution is 8.01. The lowest BCUT2D eigenvalue weighted by atomic mass is 10.1. The van der Waals surface area contributed by atoms with Gasteiger partial charge in [-0.15, -0.1) is 0 Å². The molecule has 0 saturated carbocycles. The normalized spacial score (nSPS) is 11.1. The van der Waals surface area contributed by atoms with E-state index in [0.29, 0.717) is 11.1 Å². The summed E-state index contributed by atoms with van der Waals surface area (Å²) in [5.74, 6) is -0.564. The Balaban J connectivity index is 2.55. The summed E-state index contributed by atoms with van der Waals surface area (Å²) in [7, 11) is 2.76. The smallest absolute Gasteiger partial charge is 0.249 e. The zero-order chi connectivity index (χ0) is 31.7. The van der Waals surface area contributed by atoms with Crippen LogP contribution in [0.4, 0.5) is 0 Å². The highest BCUT2D eigenvalue weighted by Gasteiger charge is 2.49. The Morgan fingerprint density at radius 1 is 0.571 bits per heavy atom. The summed E-state index contributed by atoms with van der Waals surface area (Å²) in [5.41, 5.74) is -2.46. The van der Waals surface area contributed by atoms with Crippen LogP contribution in [0.5, 0.6) is 34.5 Å². The zero-order valence-electron chi connectivity index (χ0n) is 23.9. The Bertz CT molecular complexity index is 1490. The van der Waals surface area contributed by atoms with Crippen molar-refractivity contribution in [2.24, 2.45) is 0 Å². The van der Waals surface area contributed by atoms with Crippen LogP contribution in [-0.2, 0) is 4.57 Å². The van der Waals surface area contributed by atoms with E-state index in [4.69, 9.17) is 74.8 Å². The van der Waals surface area contributed by atoms with E-state index in [1.807, 2.05) is 0 Å². The van der Waals surface area contributed by atoms with E-state index < -0.39 is 29.3 Å². The first-order chi connectivity index (χ1) is 19.8. The lowest BCUT2D eigenvalue weighted by molar-refractivity contribution is 0.104. The van der Waals surface area contributed by atoms with Crippen molar-refractivity contribution in [1.29, 1.82) is 0 Å². The SMILES string of the molecule is COc1c(Cl)c(C(=O)P(=O)(C(=O)c2c(Cl)c(OC)c(OC)c(OC)c2Cl)c2cc(C)ccc2C)c(Cl)c(OC)c1OC. The highest BCUT2D eigenvalue weighted by Crippen LogP contribution is 2.61. The van der Waals surface area contributed by atoms with Gasteiger partial charge in [0.25, 0.3) is 0 Å². The van der Waals surface area contributed by atoms with Gasteiger partial charge >= 0.3 is 0 Å². The molecule has 0 aromatic heterocycles. The van der Waals surface area contributed by atoms with E-state index in [9.17, 15) is 9.59 Å². The molecule has 0 aliphatic carbocycles. The second-order valence-corrected chi connectivity index (χ2v) is 12.7. The van der Waals surface area contributed by atoms with Gasteiger partial charge in [0, 0.05) is 5.30 Å². The first kappa shape index (κ1) is 33.7. The van der Waals surface area contributed by atoms with E-state index in [1.54, 1.807) is 26.0 Å². The fraction of sp³-hybridized carbons (Fsp3) is 0.286. The van der Waals surface area contributed by atoms with Crippen LogP contribution in [0.25, 0.3) is 0 Å². The van der Waals surface area contributed by atoms with Crippen LogP contribution in [0.3, 0.4) is 0 Å². The van der Waals surface area contributed by atoms with Gasteiger partial charge in [-0.2, -0.15) is 0 Å². The number of carbonyl (C=O) groups is 2. The standard InChI is InChI=1S/C28H27Cl4O9P/c1-12-9-10-13(2)14(11-12)42(35,27(33)15-17(29)21(36-3)25(40-7)22(37-4)18(15)30)28(34)16-19(31)23(38-5)26(41-8)24(39-6)20(16)32/h9-11H,1-8H3. The van der Waals surface area contributed by atoms with Gasteiger partial charge in [-0.1, -0.05) is 64.1 Å². The molecule has 3 aromatic rings.